The lowest BCUT2D eigenvalue weighted by Crippen LogP contribution is -2.42. The van der Waals surface area contributed by atoms with E-state index in [1.165, 1.54) is 6.07 Å². The standard InChI is InChI=1S/C15H18F4N2O2/c1-13(2,20)8-23-12(22)21-14(5-6-14)9-3-4-11(16)10(7-9)15(17,18)19/h3-4,7H,5-6,8,20H2,1-2H3,(H,21,22). The van der Waals surface area contributed by atoms with Crippen LogP contribution in [0.4, 0.5) is 22.4 Å². The minimum atomic E-state index is -4.79. The Morgan fingerprint density at radius 1 is 1.35 bits per heavy atom. The van der Waals surface area contributed by atoms with Crippen molar-refractivity contribution in [1.82, 2.24) is 5.32 Å². The molecular formula is C15H18F4N2O2. The van der Waals surface area contributed by atoms with Gasteiger partial charge in [-0.2, -0.15) is 13.2 Å². The summed E-state index contributed by atoms with van der Waals surface area (Å²) in [7, 11) is 0. The lowest BCUT2D eigenvalue weighted by atomic mass is 10.0. The monoisotopic (exact) mass is 334 g/mol. The third-order valence-corrected chi connectivity index (χ3v) is 3.49. The molecule has 0 aromatic heterocycles. The number of amides is 1. The first-order chi connectivity index (χ1) is 10.4. The number of rotatable bonds is 4. The number of hydrogen-bond donors (Lipinski definition) is 2. The maximum absolute atomic E-state index is 13.3. The van der Waals surface area contributed by atoms with Gasteiger partial charge in [-0.15, -0.1) is 0 Å². The topological polar surface area (TPSA) is 64.3 Å². The van der Waals surface area contributed by atoms with Crippen LogP contribution in [0.2, 0.25) is 0 Å². The number of nitrogens with two attached hydrogens (primary N) is 1. The van der Waals surface area contributed by atoms with E-state index in [-0.39, 0.29) is 12.2 Å². The molecule has 0 unspecified atom stereocenters. The Balaban J connectivity index is 2.14. The number of halogens is 4. The van der Waals surface area contributed by atoms with Crippen molar-refractivity contribution in [2.45, 2.75) is 43.9 Å². The van der Waals surface area contributed by atoms with Gasteiger partial charge in [-0.25, -0.2) is 9.18 Å². The summed E-state index contributed by atoms with van der Waals surface area (Å²) in [5.74, 6) is -1.34. The van der Waals surface area contributed by atoms with Gasteiger partial charge in [0.1, 0.15) is 12.4 Å². The van der Waals surface area contributed by atoms with Crippen LogP contribution >= 0.6 is 0 Å². The first-order valence-corrected chi connectivity index (χ1v) is 7.04. The van der Waals surface area contributed by atoms with Crippen LogP contribution in [0, 0.1) is 5.82 Å². The number of benzene rings is 1. The van der Waals surface area contributed by atoms with Crippen LogP contribution in [0.15, 0.2) is 18.2 Å². The molecule has 0 atom stereocenters. The minimum Gasteiger partial charge on any atom is -0.448 e. The summed E-state index contributed by atoms with van der Waals surface area (Å²) >= 11 is 0. The van der Waals surface area contributed by atoms with Gasteiger partial charge < -0.3 is 15.8 Å². The largest absolute Gasteiger partial charge is 0.448 e. The molecule has 0 heterocycles. The molecule has 0 bridgehead atoms. The first kappa shape index (κ1) is 17.5. The van der Waals surface area contributed by atoms with Crippen LogP contribution in [0.3, 0.4) is 0 Å². The maximum Gasteiger partial charge on any atom is 0.419 e. The van der Waals surface area contributed by atoms with E-state index in [4.69, 9.17) is 10.5 Å². The van der Waals surface area contributed by atoms with Crippen molar-refractivity contribution in [1.29, 1.82) is 0 Å². The highest BCUT2D eigenvalue weighted by atomic mass is 19.4. The highest BCUT2D eigenvalue weighted by Crippen LogP contribution is 2.47. The van der Waals surface area contributed by atoms with Gasteiger partial charge in [0.2, 0.25) is 0 Å². The van der Waals surface area contributed by atoms with E-state index in [9.17, 15) is 22.4 Å². The van der Waals surface area contributed by atoms with E-state index < -0.39 is 34.7 Å². The van der Waals surface area contributed by atoms with Crippen LogP contribution in [0.1, 0.15) is 37.8 Å². The molecule has 2 rings (SSSR count). The number of ether oxygens (including phenoxy) is 1. The second-order valence-corrected chi connectivity index (χ2v) is 6.46. The van der Waals surface area contributed by atoms with Crippen molar-refractivity contribution in [2.24, 2.45) is 5.73 Å². The number of carbonyl (C=O) groups is 1. The molecule has 1 aliphatic carbocycles. The maximum atomic E-state index is 13.3. The van der Waals surface area contributed by atoms with Crippen molar-refractivity contribution in [3.05, 3.63) is 35.1 Å². The summed E-state index contributed by atoms with van der Waals surface area (Å²) in [6, 6.07) is 2.73. The SMILES string of the molecule is CC(C)(N)COC(=O)NC1(c2ccc(F)c(C(F)(F)F)c2)CC1. The van der Waals surface area contributed by atoms with Crippen molar-refractivity contribution < 1.29 is 27.1 Å². The third-order valence-electron chi connectivity index (χ3n) is 3.49. The summed E-state index contributed by atoms with van der Waals surface area (Å²) in [6.45, 7) is 3.30. The van der Waals surface area contributed by atoms with Crippen LogP contribution in [-0.4, -0.2) is 18.2 Å². The van der Waals surface area contributed by atoms with Gasteiger partial charge in [0.15, 0.2) is 0 Å². The average molecular weight is 334 g/mol. The molecule has 8 heteroatoms. The molecule has 1 saturated carbocycles. The van der Waals surface area contributed by atoms with Crippen molar-refractivity contribution in [2.75, 3.05) is 6.61 Å². The molecule has 1 amide bonds. The van der Waals surface area contributed by atoms with Gasteiger partial charge in [-0.05, 0) is 44.4 Å². The van der Waals surface area contributed by atoms with E-state index in [1.54, 1.807) is 13.8 Å². The number of hydrogen-bond acceptors (Lipinski definition) is 3. The fourth-order valence-corrected chi connectivity index (χ4v) is 2.13. The van der Waals surface area contributed by atoms with E-state index in [2.05, 4.69) is 5.32 Å². The fraction of sp³-hybridized carbons (Fsp3) is 0.533. The Hall–Kier alpha value is -1.83. The smallest absolute Gasteiger partial charge is 0.419 e. The Labute approximate surface area is 131 Å². The van der Waals surface area contributed by atoms with E-state index in [0.29, 0.717) is 12.8 Å². The zero-order valence-corrected chi connectivity index (χ0v) is 12.8. The molecule has 1 fully saturated rings. The van der Waals surface area contributed by atoms with Gasteiger partial charge in [-0.3, -0.25) is 0 Å². The number of nitrogens with one attached hydrogen (secondary N) is 1. The summed E-state index contributed by atoms with van der Waals surface area (Å²) < 4.78 is 56.7. The Kier molecular flexibility index (Phi) is 4.32. The fourth-order valence-electron chi connectivity index (χ4n) is 2.13. The second-order valence-electron chi connectivity index (χ2n) is 6.46. The summed E-state index contributed by atoms with van der Waals surface area (Å²) in [4.78, 5) is 11.8. The van der Waals surface area contributed by atoms with Gasteiger partial charge in [0.25, 0.3) is 0 Å². The number of carbonyl (C=O) groups excluding carboxylic acids is 1. The summed E-state index contributed by atoms with van der Waals surface area (Å²) in [5, 5.41) is 2.55. The highest BCUT2D eigenvalue weighted by Gasteiger charge is 2.47. The third kappa shape index (κ3) is 4.34. The normalized spacial score (nSPS) is 16.8. The van der Waals surface area contributed by atoms with E-state index in [0.717, 1.165) is 12.1 Å². The lowest BCUT2D eigenvalue weighted by molar-refractivity contribution is -0.140. The van der Waals surface area contributed by atoms with Gasteiger partial charge in [0.05, 0.1) is 11.1 Å². The molecule has 1 aromatic rings. The van der Waals surface area contributed by atoms with Crippen LogP contribution in [-0.2, 0) is 16.5 Å². The lowest BCUT2D eigenvalue weighted by Gasteiger charge is -2.22. The number of alkyl halides is 3. The molecule has 0 spiro atoms. The molecule has 0 saturated heterocycles. The Morgan fingerprint density at radius 2 is 1.96 bits per heavy atom. The summed E-state index contributed by atoms with van der Waals surface area (Å²) in [6.07, 6.45) is -4.65. The molecule has 23 heavy (non-hydrogen) atoms. The predicted molar refractivity (Wildman–Crippen MR) is 75.1 cm³/mol. The van der Waals surface area contributed by atoms with Gasteiger partial charge in [0, 0.05) is 5.54 Å². The van der Waals surface area contributed by atoms with Crippen LogP contribution in [0.5, 0.6) is 0 Å². The predicted octanol–water partition coefficient (Wildman–Crippen LogP) is 3.30. The van der Waals surface area contributed by atoms with E-state index in [1.807, 2.05) is 0 Å². The molecule has 0 radical (unpaired) electrons. The molecule has 128 valence electrons. The van der Waals surface area contributed by atoms with E-state index >= 15 is 0 Å². The molecule has 1 aliphatic rings. The average Bonchev–Trinajstić information content (AvgIpc) is 3.15. The van der Waals surface area contributed by atoms with Gasteiger partial charge in [-0.1, -0.05) is 6.07 Å². The quantitative estimate of drug-likeness (QED) is 0.831. The van der Waals surface area contributed by atoms with Crippen LogP contribution < -0.4 is 11.1 Å². The highest BCUT2D eigenvalue weighted by molar-refractivity contribution is 5.69. The zero-order valence-electron chi connectivity index (χ0n) is 12.8. The van der Waals surface area contributed by atoms with Crippen molar-refractivity contribution >= 4 is 6.09 Å². The molecule has 4 nitrogen and oxygen atoms in total. The second kappa shape index (κ2) is 5.67. The minimum absolute atomic E-state index is 0.0356. The zero-order chi connectivity index (χ0) is 17.5. The summed E-state index contributed by atoms with van der Waals surface area (Å²) in [5.41, 5.74) is 2.89. The molecule has 0 aliphatic heterocycles. The molecule has 1 aromatic carbocycles. The van der Waals surface area contributed by atoms with Crippen molar-refractivity contribution in [3.8, 4) is 0 Å². The Morgan fingerprint density at radius 3 is 2.43 bits per heavy atom. The Bertz CT molecular complexity index is 604. The van der Waals surface area contributed by atoms with Crippen molar-refractivity contribution in [3.63, 3.8) is 0 Å². The van der Waals surface area contributed by atoms with Crippen LogP contribution in [0.25, 0.3) is 0 Å². The first-order valence-electron chi connectivity index (χ1n) is 7.04. The van der Waals surface area contributed by atoms with Gasteiger partial charge >= 0.3 is 12.3 Å². The molecular weight excluding hydrogens is 316 g/mol. The molecule has 3 N–H and O–H groups in total. The number of alkyl carbamates (subject to hydrolysis) is 1.